The van der Waals surface area contributed by atoms with Crippen molar-refractivity contribution in [3.05, 3.63) is 24.4 Å². The number of nitrogens with zero attached hydrogens (tertiary/aromatic N) is 4. The lowest BCUT2D eigenvalue weighted by atomic mass is 9.94. The van der Waals surface area contributed by atoms with Gasteiger partial charge in [-0.25, -0.2) is 15.0 Å². The van der Waals surface area contributed by atoms with Crippen molar-refractivity contribution >= 4 is 23.8 Å². The molecule has 0 spiro atoms. The van der Waals surface area contributed by atoms with Gasteiger partial charge < -0.3 is 4.90 Å². The van der Waals surface area contributed by atoms with Crippen molar-refractivity contribution in [1.82, 2.24) is 4.98 Å². The molecule has 1 fully saturated rings. The van der Waals surface area contributed by atoms with Crippen molar-refractivity contribution in [2.75, 3.05) is 18.0 Å². The molecule has 0 radical (unpaired) electrons. The number of aliphatic imine (C=N–C) groups is 2. The van der Waals surface area contributed by atoms with E-state index in [9.17, 15) is 4.79 Å². The third-order valence-corrected chi connectivity index (χ3v) is 3.12. The Morgan fingerprint density at radius 2 is 2.29 bits per heavy atom. The summed E-state index contributed by atoms with van der Waals surface area (Å²) in [6.07, 6.45) is 3.93. The van der Waals surface area contributed by atoms with Gasteiger partial charge in [0.25, 0.3) is 5.91 Å². The topological polar surface area (TPSA) is 57.9 Å². The molecule has 1 saturated heterocycles. The van der Waals surface area contributed by atoms with Crippen LogP contribution in [0, 0.1) is 5.92 Å². The van der Waals surface area contributed by atoms with E-state index in [0.29, 0.717) is 6.54 Å². The molecule has 86 valence electrons. The first-order valence-electron chi connectivity index (χ1n) is 5.63. The SMILES string of the molecule is O=C1N=CN=C2CCN(c3ccccn3)CC12. The molecule has 0 saturated carbocycles. The van der Waals surface area contributed by atoms with E-state index in [2.05, 4.69) is 19.9 Å². The second-order valence-electron chi connectivity index (χ2n) is 4.14. The molecule has 3 rings (SSSR count). The molecule has 5 nitrogen and oxygen atoms in total. The van der Waals surface area contributed by atoms with Crippen LogP contribution in [0.4, 0.5) is 5.82 Å². The van der Waals surface area contributed by atoms with Crippen LogP contribution in [0.2, 0.25) is 0 Å². The van der Waals surface area contributed by atoms with Gasteiger partial charge in [-0.2, -0.15) is 0 Å². The van der Waals surface area contributed by atoms with Crippen LogP contribution in [0.25, 0.3) is 0 Å². The first kappa shape index (κ1) is 10.1. The van der Waals surface area contributed by atoms with Crippen LogP contribution in [-0.4, -0.2) is 36.0 Å². The van der Waals surface area contributed by atoms with Crippen molar-refractivity contribution in [3.8, 4) is 0 Å². The number of carbonyl (C=O) groups excluding carboxylic acids is 1. The average Bonchev–Trinajstić information content (AvgIpc) is 2.40. The summed E-state index contributed by atoms with van der Waals surface area (Å²) in [4.78, 5) is 26.0. The van der Waals surface area contributed by atoms with Crippen molar-refractivity contribution in [2.45, 2.75) is 6.42 Å². The van der Waals surface area contributed by atoms with E-state index in [1.165, 1.54) is 6.34 Å². The first-order valence-corrected chi connectivity index (χ1v) is 5.63. The molecule has 1 unspecified atom stereocenters. The zero-order chi connectivity index (χ0) is 11.7. The van der Waals surface area contributed by atoms with Gasteiger partial charge in [0.2, 0.25) is 0 Å². The lowest BCUT2D eigenvalue weighted by molar-refractivity contribution is -0.119. The van der Waals surface area contributed by atoms with Crippen molar-refractivity contribution in [2.24, 2.45) is 15.9 Å². The molecule has 2 aliphatic heterocycles. The third kappa shape index (κ3) is 1.84. The quantitative estimate of drug-likeness (QED) is 0.718. The minimum atomic E-state index is -0.184. The number of carbonyl (C=O) groups is 1. The van der Waals surface area contributed by atoms with Crippen LogP contribution in [-0.2, 0) is 4.79 Å². The maximum absolute atomic E-state index is 11.7. The van der Waals surface area contributed by atoms with Crippen LogP contribution in [0.3, 0.4) is 0 Å². The predicted octanol–water partition coefficient (Wildman–Crippen LogP) is 0.917. The number of piperidine rings is 1. The maximum Gasteiger partial charge on any atom is 0.257 e. The largest absolute Gasteiger partial charge is 0.355 e. The molecule has 0 bridgehead atoms. The fraction of sp³-hybridized carbons (Fsp3) is 0.333. The Kier molecular flexibility index (Phi) is 2.44. The summed E-state index contributed by atoms with van der Waals surface area (Å²) in [6.45, 7) is 1.49. The van der Waals surface area contributed by atoms with E-state index >= 15 is 0 Å². The summed E-state index contributed by atoms with van der Waals surface area (Å²) in [5.74, 6) is 0.639. The van der Waals surface area contributed by atoms with Gasteiger partial charge in [-0.1, -0.05) is 6.07 Å². The summed E-state index contributed by atoms with van der Waals surface area (Å²) in [7, 11) is 0. The number of pyridine rings is 1. The summed E-state index contributed by atoms with van der Waals surface area (Å²) < 4.78 is 0. The second kappa shape index (κ2) is 4.08. The molecule has 0 aliphatic carbocycles. The van der Waals surface area contributed by atoms with Crippen LogP contribution in [0.1, 0.15) is 6.42 Å². The van der Waals surface area contributed by atoms with Crippen LogP contribution >= 0.6 is 0 Å². The normalized spacial score (nSPS) is 23.3. The van der Waals surface area contributed by atoms with Gasteiger partial charge in [0.1, 0.15) is 12.2 Å². The Morgan fingerprint density at radius 3 is 3.12 bits per heavy atom. The number of hydrogen-bond donors (Lipinski definition) is 0. The minimum Gasteiger partial charge on any atom is -0.355 e. The zero-order valence-corrected chi connectivity index (χ0v) is 9.28. The molecule has 1 amide bonds. The van der Waals surface area contributed by atoms with E-state index in [-0.39, 0.29) is 11.8 Å². The number of amides is 1. The average molecular weight is 228 g/mol. The molecule has 1 aromatic heterocycles. The summed E-state index contributed by atoms with van der Waals surface area (Å²) in [5.41, 5.74) is 0.956. The maximum atomic E-state index is 11.7. The van der Waals surface area contributed by atoms with Gasteiger partial charge in [0.15, 0.2) is 0 Å². The van der Waals surface area contributed by atoms with Gasteiger partial charge in [-0.15, -0.1) is 0 Å². The highest BCUT2D eigenvalue weighted by Crippen LogP contribution is 2.22. The van der Waals surface area contributed by atoms with E-state index in [4.69, 9.17) is 0 Å². The molecule has 2 aliphatic rings. The second-order valence-corrected chi connectivity index (χ2v) is 4.14. The Balaban J connectivity index is 1.83. The molecule has 0 N–H and O–H groups in total. The lowest BCUT2D eigenvalue weighted by Crippen LogP contribution is -2.45. The summed E-state index contributed by atoms with van der Waals surface area (Å²) >= 11 is 0. The van der Waals surface area contributed by atoms with Gasteiger partial charge in [0.05, 0.1) is 5.92 Å². The van der Waals surface area contributed by atoms with Crippen LogP contribution in [0.15, 0.2) is 34.4 Å². The summed E-state index contributed by atoms with van der Waals surface area (Å²) in [5, 5.41) is 0. The number of hydrogen-bond acceptors (Lipinski definition) is 4. The molecule has 1 atom stereocenters. The Morgan fingerprint density at radius 1 is 1.35 bits per heavy atom. The highest BCUT2D eigenvalue weighted by Gasteiger charge is 2.32. The fourth-order valence-electron chi connectivity index (χ4n) is 2.21. The number of anilines is 1. The van der Waals surface area contributed by atoms with Crippen LogP contribution in [0.5, 0.6) is 0 Å². The molecule has 3 heterocycles. The highest BCUT2D eigenvalue weighted by molar-refractivity contribution is 6.12. The smallest absolute Gasteiger partial charge is 0.257 e. The third-order valence-electron chi connectivity index (χ3n) is 3.12. The Hall–Kier alpha value is -2.04. The molecule has 17 heavy (non-hydrogen) atoms. The number of fused-ring (bicyclic) bond motifs is 1. The van der Waals surface area contributed by atoms with Crippen molar-refractivity contribution < 1.29 is 4.79 Å². The monoisotopic (exact) mass is 228 g/mol. The Bertz CT molecular complexity index is 494. The van der Waals surface area contributed by atoms with E-state index < -0.39 is 0 Å². The summed E-state index contributed by atoms with van der Waals surface area (Å²) in [6, 6.07) is 5.79. The molecular formula is C12H12N4O. The van der Waals surface area contributed by atoms with E-state index in [0.717, 1.165) is 24.5 Å². The van der Waals surface area contributed by atoms with Crippen molar-refractivity contribution in [1.29, 1.82) is 0 Å². The highest BCUT2D eigenvalue weighted by atomic mass is 16.1. The Labute approximate surface area is 98.9 Å². The molecule has 1 aromatic rings. The standard InChI is InChI=1S/C12H12N4O/c17-12-9-7-16(11-3-1-2-5-13-11)6-4-10(9)14-8-15-12/h1-3,5,8-9H,4,6-7H2. The predicted molar refractivity (Wildman–Crippen MR) is 65.5 cm³/mol. The van der Waals surface area contributed by atoms with Gasteiger partial charge in [-0.3, -0.25) is 4.79 Å². The van der Waals surface area contributed by atoms with Gasteiger partial charge >= 0.3 is 0 Å². The van der Waals surface area contributed by atoms with Gasteiger partial charge in [0, 0.05) is 31.4 Å². The van der Waals surface area contributed by atoms with E-state index in [1.807, 2.05) is 18.2 Å². The molecule has 0 aromatic carbocycles. The van der Waals surface area contributed by atoms with Crippen molar-refractivity contribution in [3.63, 3.8) is 0 Å². The van der Waals surface area contributed by atoms with E-state index in [1.54, 1.807) is 6.20 Å². The lowest BCUT2D eigenvalue weighted by Gasteiger charge is -2.33. The molecular weight excluding hydrogens is 216 g/mol. The fourth-order valence-corrected chi connectivity index (χ4v) is 2.21. The first-order chi connectivity index (χ1) is 8.34. The van der Waals surface area contributed by atoms with Crippen LogP contribution < -0.4 is 4.90 Å². The van der Waals surface area contributed by atoms with Gasteiger partial charge in [-0.05, 0) is 12.1 Å². The molecule has 5 heteroatoms. The number of aromatic nitrogens is 1. The minimum absolute atomic E-state index is 0.0874. The number of rotatable bonds is 1. The zero-order valence-electron chi connectivity index (χ0n) is 9.28.